The molecule has 23 heavy (non-hydrogen) atoms. The van der Waals surface area contributed by atoms with Crippen molar-refractivity contribution < 1.29 is 14.7 Å². The van der Waals surface area contributed by atoms with E-state index in [4.69, 9.17) is 17.3 Å². The summed E-state index contributed by atoms with van der Waals surface area (Å²) in [4.78, 5) is 25.5. The number of fused-ring (bicyclic) bond motifs is 2. The highest BCUT2D eigenvalue weighted by atomic mass is 35.5. The zero-order valence-electron chi connectivity index (χ0n) is 12.2. The van der Waals surface area contributed by atoms with Gasteiger partial charge in [0, 0.05) is 29.0 Å². The standard InChI is InChI=1S/C17H15ClN2O3/c18-7-9(21)8-20-13-6-5-12(19)14-15(13)17(23)11-4-2-1-3-10(11)16(14)22/h1-6,9,20-21H,7-8,19H2. The summed E-state index contributed by atoms with van der Waals surface area (Å²) < 4.78 is 0. The topological polar surface area (TPSA) is 92.4 Å². The molecule has 0 heterocycles. The Morgan fingerprint density at radius 2 is 1.65 bits per heavy atom. The molecule has 0 aliphatic heterocycles. The predicted octanol–water partition coefficient (Wildman–Crippen LogP) is 2.06. The third kappa shape index (κ3) is 2.58. The van der Waals surface area contributed by atoms with Crippen LogP contribution in [0.25, 0.3) is 0 Å². The highest BCUT2D eigenvalue weighted by Gasteiger charge is 2.33. The molecule has 5 nitrogen and oxygen atoms in total. The summed E-state index contributed by atoms with van der Waals surface area (Å²) >= 11 is 5.57. The number of rotatable bonds is 4. The Kier molecular flexibility index (Phi) is 4.07. The van der Waals surface area contributed by atoms with Crippen LogP contribution >= 0.6 is 11.6 Å². The normalized spacial score (nSPS) is 14.2. The van der Waals surface area contributed by atoms with Gasteiger partial charge < -0.3 is 16.2 Å². The molecule has 0 radical (unpaired) electrons. The van der Waals surface area contributed by atoms with Crippen molar-refractivity contribution in [3.63, 3.8) is 0 Å². The number of hydrogen-bond acceptors (Lipinski definition) is 5. The van der Waals surface area contributed by atoms with Crippen LogP contribution in [0.1, 0.15) is 31.8 Å². The average molecular weight is 331 g/mol. The number of aliphatic hydroxyl groups excluding tert-OH is 1. The summed E-state index contributed by atoms with van der Waals surface area (Å²) in [5, 5.41) is 12.6. The van der Waals surface area contributed by atoms with Gasteiger partial charge in [-0.05, 0) is 12.1 Å². The Labute approximate surface area is 138 Å². The highest BCUT2D eigenvalue weighted by Crippen LogP contribution is 2.35. The number of ketones is 2. The molecule has 118 valence electrons. The van der Waals surface area contributed by atoms with Gasteiger partial charge in [-0.1, -0.05) is 24.3 Å². The Hall–Kier alpha value is -2.37. The van der Waals surface area contributed by atoms with E-state index in [1.807, 2.05) is 0 Å². The summed E-state index contributed by atoms with van der Waals surface area (Å²) in [5.74, 6) is -0.459. The minimum absolute atomic E-state index is 0.0693. The number of nitrogen functional groups attached to an aromatic ring is 1. The number of alkyl halides is 1. The molecule has 6 heteroatoms. The van der Waals surface area contributed by atoms with Gasteiger partial charge in [0.25, 0.3) is 0 Å². The fourth-order valence-electron chi connectivity index (χ4n) is 2.68. The predicted molar refractivity (Wildman–Crippen MR) is 89.4 cm³/mol. The fourth-order valence-corrected chi connectivity index (χ4v) is 2.79. The fraction of sp³-hybridized carbons (Fsp3) is 0.176. The van der Waals surface area contributed by atoms with Gasteiger partial charge >= 0.3 is 0 Å². The summed E-state index contributed by atoms with van der Waals surface area (Å²) in [7, 11) is 0. The number of carbonyl (C=O) groups excluding carboxylic acids is 2. The molecule has 0 saturated carbocycles. The molecule has 0 bridgehead atoms. The van der Waals surface area contributed by atoms with Gasteiger partial charge in [0.2, 0.25) is 0 Å². The first-order valence-corrected chi connectivity index (χ1v) is 7.66. The van der Waals surface area contributed by atoms with Crippen molar-refractivity contribution in [1.82, 2.24) is 0 Å². The monoisotopic (exact) mass is 330 g/mol. The second kappa shape index (κ2) is 6.02. The van der Waals surface area contributed by atoms with Gasteiger partial charge in [-0.2, -0.15) is 0 Å². The van der Waals surface area contributed by atoms with Gasteiger partial charge in [0.1, 0.15) is 0 Å². The highest BCUT2D eigenvalue weighted by molar-refractivity contribution is 6.31. The third-order valence-electron chi connectivity index (χ3n) is 3.81. The second-order valence-corrected chi connectivity index (χ2v) is 5.65. The van der Waals surface area contributed by atoms with Gasteiger partial charge in [0.15, 0.2) is 11.6 Å². The maximum Gasteiger partial charge on any atom is 0.196 e. The minimum atomic E-state index is -0.758. The number of nitrogens with two attached hydrogens (primary N) is 1. The molecule has 1 unspecified atom stereocenters. The third-order valence-corrected chi connectivity index (χ3v) is 4.17. The first kappa shape index (κ1) is 15.5. The zero-order valence-corrected chi connectivity index (χ0v) is 12.9. The van der Waals surface area contributed by atoms with Crippen LogP contribution in [0.15, 0.2) is 36.4 Å². The molecular formula is C17H15ClN2O3. The molecule has 4 N–H and O–H groups in total. The lowest BCUT2D eigenvalue weighted by atomic mass is 9.82. The van der Waals surface area contributed by atoms with Crippen molar-refractivity contribution in [1.29, 1.82) is 0 Å². The van der Waals surface area contributed by atoms with Gasteiger partial charge in [-0.15, -0.1) is 11.6 Å². The van der Waals surface area contributed by atoms with Crippen LogP contribution in [0.3, 0.4) is 0 Å². The van der Waals surface area contributed by atoms with Crippen LogP contribution in [-0.4, -0.2) is 35.2 Å². The minimum Gasteiger partial charge on any atom is -0.398 e. The second-order valence-electron chi connectivity index (χ2n) is 5.35. The molecule has 2 aromatic carbocycles. The molecule has 3 rings (SSSR count). The molecule has 1 aliphatic rings. The quantitative estimate of drug-likeness (QED) is 0.503. The smallest absolute Gasteiger partial charge is 0.196 e. The largest absolute Gasteiger partial charge is 0.398 e. The molecule has 2 aromatic rings. The number of nitrogens with one attached hydrogen (secondary N) is 1. The van der Waals surface area contributed by atoms with Crippen molar-refractivity contribution in [3.8, 4) is 0 Å². The van der Waals surface area contributed by atoms with E-state index >= 15 is 0 Å². The lowest BCUT2D eigenvalue weighted by Crippen LogP contribution is -2.26. The van der Waals surface area contributed by atoms with Gasteiger partial charge in [0.05, 0.1) is 23.1 Å². The van der Waals surface area contributed by atoms with Crippen LogP contribution in [-0.2, 0) is 0 Å². The van der Waals surface area contributed by atoms with Crippen LogP contribution in [0, 0.1) is 0 Å². The van der Waals surface area contributed by atoms with Crippen molar-refractivity contribution in [3.05, 3.63) is 58.7 Å². The Bertz CT molecular complexity index is 804. The average Bonchev–Trinajstić information content (AvgIpc) is 2.58. The number of hydrogen-bond donors (Lipinski definition) is 3. The Morgan fingerprint density at radius 3 is 2.26 bits per heavy atom. The molecule has 0 aromatic heterocycles. The molecule has 1 aliphatic carbocycles. The van der Waals surface area contributed by atoms with Crippen molar-refractivity contribution in [2.45, 2.75) is 6.10 Å². The number of carbonyl (C=O) groups is 2. The van der Waals surface area contributed by atoms with E-state index in [2.05, 4.69) is 5.32 Å². The van der Waals surface area contributed by atoms with Gasteiger partial charge in [-0.3, -0.25) is 9.59 Å². The van der Waals surface area contributed by atoms with Crippen LogP contribution in [0.4, 0.5) is 11.4 Å². The van der Waals surface area contributed by atoms with E-state index in [-0.39, 0.29) is 40.8 Å². The van der Waals surface area contributed by atoms with Crippen molar-refractivity contribution in [2.24, 2.45) is 0 Å². The maximum absolute atomic E-state index is 12.8. The zero-order chi connectivity index (χ0) is 16.6. The van der Waals surface area contributed by atoms with E-state index in [0.717, 1.165) is 0 Å². The Balaban J connectivity index is 2.11. The van der Waals surface area contributed by atoms with E-state index in [1.54, 1.807) is 36.4 Å². The Morgan fingerprint density at radius 1 is 1.04 bits per heavy atom. The molecule has 0 saturated heterocycles. The summed E-state index contributed by atoms with van der Waals surface area (Å²) in [6.45, 7) is 0.170. The summed E-state index contributed by atoms with van der Waals surface area (Å²) in [5.41, 5.74) is 7.82. The van der Waals surface area contributed by atoms with Gasteiger partial charge in [-0.25, -0.2) is 0 Å². The molecule has 0 amide bonds. The van der Waals surface area contributed by atoms with E-state index < -0.39 is 6.10 Å². The lowest BCUT2D eigenvalue weighted by Gasteiger charge is -2.22. The number of aliphatic hydroxyl groups is 1. The van der Waals surface area contributed by atoms with E-state index in [9.17, 15) is 14.7 Å². The van der Waals surface area contributed by atoms with E-state index in [1.165, 1.54) is 0 Å². The molecule has 0 spiro atoms. The van der Waals surface area contributed by atoms with Crippen LogP contribution in [0.5, 0.6) is 0 Å². The van der Waals surface area contributed by atoms with Crippen molar-refractivity contribution in [2.75, 3.05) is 23.5 Å². The number of anilines is 2. The SMILES string of the molecule is Nc1ccc(NCC(O)CCl)c2c1C(=O)c1ccccc1C2=O. The maximum atomic E-state index is 12.8. The first-order chi connectivity index (χ1) is 11.0. The molecule has 1 atom stereocenters. The summed E-state index contributed by atoms with van der Waals surface area (Å²) in [6, 6.07) is 9.88. The van der Waals surface area contributed by atoms with Crippen LogP contribution in [0.2, 0.25) is 0 Å². The number of halogens is 1. The molecule has 0 fully saturated rings. The molecular weight excluding hydrogens is 316 g/mol. The van der Waals surface area contributed by atoms with Crippen molar-refractivity contribution >= 4 is 34.5 Å². The van der Waals surface area contributed by atoms with E-state index in [0.29, 0.717) is 16.8 Å². The van der Waals surface area contributed by atoms with Crippen LogP contribution < -0.4 is 11.1 Å². The summed E-state index contributed by atoms with van der Waals surface area (Å²) in [6.07, 6.45) is -0.758. The number of benzene rings is 2. The first-order valence-electron chi connectivity index (χ1n) is 7.13. The lowest BCUT2D eigenvalue weighted by molar-refractivity contribution is 0.0980.